The maximum Gasteiger partial charge on any atom is 0.315 e. The largest absolute Gasteiger partial charge is 0.336 e. The van der Waals surface area contributed by atoms with Gasteiger partial charge in [0.2, 0.25) is 0 Å². The standard InChI is InChI=1S/C15H18N4O2/c1-3-7-16-15(21)18-13-6-8-19(10-13)14(20)12-5-4-11(2)17-9-12/h1,4-5,9,13H,6-8,10H2,2H3,(H2,16,18,21). The van der Waals surface area contributed by atoms with Crippen molar-refractivity contribution in [3.8, 4) is 12.3 Å². The molecule has 6 nitrogen and oxygen atoms in total. The van der Waals surface area contributed by atoms with E-state index in [2.05, 4.69) is 21.5 Å². The van der Waals surface area contributed by atoms with Crippen molar-refractivity contribution in [3.63, 3.8) is 0 Å². The van der Waals surface area contributed by atoms with Gasteiger partial charge in [-0.25, -0.2) is 4.79 Å². The van der Waals surface area contributed by atoms with E-state index in [4.69, 9.17) is 6.42 Å². The highest BCUT2D eigenvalue weighted by atomic mass is 16.2. The minimum absolute atomic E-state index is 0.0508. The summed E-state index contributed by atoms with van der Waals surface area (Å²) in [6, 6.07) is 3.23. The topological polar surface area (TPSA) is 74.3 Å². The Morgan fingerprint density at radius 3 is 3.00 bits per heavy atom. The summed E-state index contributed by atoms with van der Waals surface area (Å²) in [6.07, 6.45) is 7.38. The summed E-state index contributed by atoms with van der Waals surface area (Å²) in [4.78, 5) is 29.7. The average Bonchev–Trinajstić information content (AvgIpc) is 2.93. The van der Waals surface area contributed by atoms with Gasteiger partial charge in [0, 0.05) is 31.0 Å². The van der Waals surface area contributed by atoms with Crippen molar-refractivity contribution in [1.82, 2.24) is 20.5 Å². The highest BCUT2D eigenvalue weighted by Crippen LogP contribution is 2.13. The van der Waals surface area contributed by atoms with Crippen LogP contribution in [0.4, 0.5) is 4.79 Å². The minimum Gasteiger partial charge on any atom is -0.336 e. The van der Waals surface area contributed by atoms with Crippen LogP contribution in [0, 0.1) is 19.3 Å². The first-order chi connectivity index (χ1) is 10.1. The number of rotatable bonds is 3. The number of likely N-dealkylation sites (tertiary alicyclic amines) is 1. The number of carbonyl (C=O) groups excluding carboxylic acids is 2. The molecule has 1 aliphatic rings. The van der Waals surface area contributed by atoms with E-state index in [1.54, 1.807) is 17.2 Å². The zero-order valence-electron chi connectivity index (χ0n) is 11.9. The molecule has 1 aromatic heterocycles. The number of aromatic nitrogens is 1. The molecule has 0 spiro atoms. The van der Waals surface area contributed by atoms with Crippen LogP contribution in [-0.4, -0.2) is 47.5 Å². The zero-order valence-corrected chi connectivity index (χ0v) is 11.9. The van der Waals surface area contributed by atoms with Gasteiger partial charge in [0.25, 0.3) is 5.91 Å². The van der Waals surface area contributed by atoms with Crippen LogP contribution in [0.15, 0.2) is 18.3 Å². The highest BCUT2D eigenvalue weighted by Gasteiger charge is 2.27. The first-order valence-corrected chi connectivity index (χ1v) is 6.80. The molecular formula is C15H18N4O2. The summed E-state index contributed by atoms with van der Waals surface area (Å²) in [5.41, 5.74) is 1.44. The van der Waals surface area contributed by atoms with Crippen LogP contribution in [0.2, 0.25) is 0 Å². The molecule has 1 fully saturated rings. The Kier molecular flexibility index (Phi) is 4.77. The van der Waals surface area contributed by atoms with Gasteiger partial charge >= 0.3 is 6.03 Å². The van der Waals surface area contributed by atoms with Crippen LogP contribution in [0.1, 0.15) is 22.5 Å². The maximum absolute atomic E-state index is 12.3. The van der Waals surface area contributed by atoms with Gasteiger partial charge < -0.3 is 15.5 Å². The Hall–Kier alpha value is -2.55. The van der Waals surface area contributed by atoms with Crippen molar-refractivity contribution in [3.05, 3.63) is 29.6 Å². The quantitative estimate of drug-likeness (QED) is 0.796. The second kappa shape index (κ2) is 6.75. The molecule has 2 N–H and O–H groups in total. The van der Waals surface area contributed by atoms with Gasteiger partial charge in [0.15, 0.2) is 0 Å². The lowest BCUT2D eigenvalue weighted by Crippen LogP contribution is -2.44. The summed E-state index contributed by atoms with van der Waals surface area (Å²) in [6.45, 7) is 3.18. The Labute approximate surface area is 123 Å². The summed E-state index contributed by atoms with van der Waals surface area (Å²) < 4.78 is 0. The van der Waals surface area contributed by atoms with E-state index < -0.39 is 0 Å². The summed E-state index contributed by atoms with van der Waals surface area (Å²) in [5.74, 6) is 2.27. The molecule has 1 aromatic rings. The molecule has 1 atom stereocenters. The Balaban J connectivity index is 1.87. The van der Waals surface area contributed by atoms with Crippen molar-refractivity contribution in [2.45, 2.75) is 19.4 Å². The number of aryl methyl sites for hydroxylation is 1. The van der Waals surface area contributed by atoms with Gasteiger partial charge in [-0.1, -0.05) is 5.92 Å². The highest BCUT2D eigenvalue weighted by molar-refractivity contribution is 5.94. The molecule has 2 heterocycles. The molecule has 6 heteroatoms. The molecule has 1 aliphatic heterocycles. The third-order valence-corrected chi connectivity index (χ3v) is 3.32. The van der Waals surface area contributed by atoms with Gasteiger partial charge in [-0.2, -0.15) is 0 Å². The molecule has 2 rings (SSSR count). The van der Waals surface area contributed by atoms with Crippen LogP contribution in [0.25, 0.3) is 0 Å². The summed E-state index contributed by atoms with van der Waals surface area (Å²) >= 11 is 0. The number of hydrogen-bond acceptors (Lipinski definition) is 3. The lowest BCUT2D eigenvalue weighted by atomic mass is 10.2. The van der Waals surface area contributed by atoms with Crippen molar-refractivity contribution in [1.29, 1.82) is 0 Å². The first kappa shape index (κ1) is 14.9. The smallest absolute Gasteiger partial charge is 0.315 e. The number of urea groups is 1. The van der Waals surface area contributed by atoms with Gasteiger partial charge in [-0.3, -0.25) is 9.78 Å². The molecule has 3 amide bonds. The third-order valence-electron chi connectivity index (χ3n) is 3.32. The van der Waals surface area contributed by atoms with E-state index in [1.165, 1.54) is 0 Å². The molecule has 110 valence electrons. The SMILES string of the molecule is C#CCNC(=O)NC1CCN(C(=O)c2ccc(C)nc2)C1. The van der Waals surface area contributed by atoms with E-state index >= 15 is 0 Å². The molecule has 21 heavy (non-hydrogen) atoms. The summed E-state index contributed by atoms with van der Waals surface area (Å²) in [7, 11) is 0. The van der Waals surface area contributed by atoms with Gasteiger partial charge in [-0.05, 0) is 25.5 Å². The number of nitrogens with one attached hydrogen (secondary N) is 2. The van der Waals surface area contributed by atoms with Crippen molar-refractivity contribution in [2.75, 3.05) is 19.6 Å². The lowest BCUT2D eigenvalue weighted by Gasteiger charge is -2.17. The Morgan fingerprint density at radius 1 is 1.52 bits per heavy atom. The number of carbonyl (C=O) groups is 2. The fraction of sp³-hybridized carbons (Fsp3) is 0.400. The molecule has 0 bridgehead atoms. The van der Waals surface area contributed by atoms with Crippen molar-refractivity contribution in [2.24, 2.45) is 0 Å². The molecule has 0 radical (unpaired) electrons. The van der Waals surface area contributed by atoms with Gasteiger partial charge in [0.1, 0.15) is 0 Å². The molecule has 0 aliphatic carbocycles. The first-order valence-electron chi connectivity index (χ1n) is 6.80. The van der Waals surface area contributed by atoms with E-state index in [0.717, 1.165) is 12.1 Å². The monoisotopic (exact) mass is 286 g/mol. The normalized spacial score (nSPS) is 17.1. The number of hydrogen-bond donors (Lipinski definition) is 2. The van der Waals surface area contributed by atoms with E-state index in [0.29, 0.717) is 18.7 Å². The van der Waals surface area contributed by atoms with E-state index in [-0.39, 0.29) is 24.5 Å². The van der Waals surface area contributed by atoms with E-state index in [1.807, 2.05) is 13.0 Å². The molecule has 1 unspecified atom stereocenters. The Morgan fingerprint density at radius 2 is 2.33 bits per heavy atom. The minimum atomic E-state index is -0.302. The summed E-state index contributed by atoms with van der Waals surface area (Å²) in [5, 5.41) is 5.35. The predicted octanol–water partition coefficient (Wildman–Crippen LogP) is 0.537. The predicted molar refractivity (Wildman–Crippen MR) is 78.6 cm³/mol. The fourth-order valence-electron chi connectivity index (χ4n) is 2.21. The molecule has 0 saturated carbocycles. The van der Waals surface area contributed by atoms with Gasteiger partial charge in [-0.15, -0.1) is 6.42 Å². The number of terminal acetylenes is 1. The number of nitrogens with zero attached hydrogens (tertiary/aromatic N) is 2. The third kappa shape index (κ3) is 3.96. The second-order valence-corrected chi connectivity index (χ2v) is 4.96. The number of amides is 3. The van der Waals surface area contributed by atoms with Crippen molar-refractivity contribution >= 4 is 11.9 Å². The average molecular weight is 286 g/mol. The number of pyridine rings is 1. The lowest BCUT2D eigenvalue weighted by molar-refractivity contribution is 0.0789. The van der Waals surface area contributed by atoms with Crippen LogP contribution < -0.4 is 10.6 Å². The fourth-order valence-corrected chi connectivity index (χ4v) is 2.21. The maximum atomic E-state index is 12.3. The molecule has 1 saturated heterocycles. The second-order valence-electron chi connectivity index (χ2n) is 4.96. The molecular weight excluding hydrogens is 268 g/mol. The van der Waals surface area contributed by atoms with Crippen LogP contribution in [0.3, 0.4) is 0 Å². The van der Waals surface area contributed by atoms with Crippen LogP contribution >= 0.6 is 0 Å². The van der Waals surface area contributed by atoms with Crippen LogP contribution in [-0.2, 0) is 0 Å². The van der Waals surface area contributed by atoms with Crippen molar-refractivity contribution < 1.29 is 9.59 Å². The van der Waals surface area contributed by atoms with Crippen LogP contribution in [0.5, 0.6) is 0 Å². The zero-order chi connectivity index (χ0) is 15.2. The Bertz CT molecular complexity index is 562. The van der Waals surface area contributed by atoms with Gasteiger partial charge in [0.05, 0.1) is 12.1 Å². The van der Waals surface area contributed by atoms with E-state index in [9.17, 15) is 9.59 Å². The molecule has 0 aromatic carbocycles.